The molecule has 0 fully saturated rings. The van der Waals surface area contributed by atoms with Gasteiger partial charge in [0.2, 0.25) is 12.2 Å². The van der Waals surface area contributed by atoms with Crippen molar-refractivity contribution in [1.29, 1.82) is 5.26 Å². The monoisotopic (exact) mass is 142 g/mol. The highest BCUT2D eigenvalue weighted by molar-refractivity contribution is 5.77. The quantitative estimate of drug-likeness (QED) is 0.186. The molecule has 0 aromatic carbocycles. The van der Waals surface area contributed by atoms with Crippen LogP contribution in [0.4, 0.5) is 0 Å². The van der Waals surface area contributed by atoms with Crippen LogP contribution in [-0.4, -0.2) is 12.6 Å². The number of hydroxylamine groups is 1. The largest absolute Gasteiger partial charge is 0.367 e. The van der Waals surface area contributed by atoms with Gasteiger partial charge in [-0.2, -0.15) is 5.26 Å². The SMILES string of the molecule is CCCONC(N)=NC#N. The van der Waals surface area contributed by atoms with Crippen molar-refractivity contribution in [1.82, 2.24) is 5.48 Å². The number of aliphatic imine (C=N–C) groups is 1. The number of nitrogens with zero attached hydrogens (tertiary/aromatic N) is 2. The van der Waals surface area contributed by atoms with Crippen LogP contribution in [-0.2, 0) is 4.84 Å². The highest BCUT2D eigenvalue weighted by Gasteiger charge is 1.86. The normalized spacial score (nSPS) is 10.6. The van der Waals surface area contributed by atoms with Gasteiger partial charge in [0.05, 0.1) is 6.61 Å². The van der Waals surface area contributed by atoms with E-state index in [4.69, 9.17) is 15.8 Å². The van der Waals surface area contributed by atoms with Crippen LogP contribution in [0, 0.1) is 11.5 Å². The highest BCUT2D eigenvalue weighted by atomic mass is 16.6. The second-order valence-electron chi connectivity index (χ2n) is 1.55. The summed E-state index contributed by atoms with van der Waals surface area (Å²) in [6.45, 7) is 2.50. The first-order valence-electron chi connectivity index (χ1n) is 2.91. The summed E-state index contributed by atoms with van der Waals surface area (Å²) in [6.07, 6.45) is 2.40. The van der Waals surface area contributed by atoms with Crippen molar-refractivity contribution in [2.75, 3.05) is 6.61 Å². The third-order valence-electron chi connectivity index (χ3n) is 0.653. The first kappa shape index (κ1) is 8.72. The zero-order valence-electron chi connectivity index (χ0n) is 5.79. The Labute approximate surface area is 59.4 Å². The Morgan fingerprint density at radius 1 is 1.90 bits per heavy atom. The molecule has 0 heterocycles. The fourth-order valence-electron chi connectivity index (χ4n) is 0.304. The van der Waals surface area contributed by atoms with Gasteiger partial charge in [0.15, 0.2) is 0 Å². The summed E-state index contributed by atoms with van der Waals surface area (Å²) in [6, 6.07) is 0. The van der Waals surface area contributed by atoms with Gasteiger partial charge in [0, 0.05) is 0 Å². The van der Waals surface area contributed by atoms with E-state index in [0.717, 1.165) is 6.42 Å². The van der Waals surface area contributed by atoms with Gasteiger partial charge < -0.3 is 5.73 Å². The van der Waals surface area contributed by atoms with Crippen molar-refractivity contribution in [3.8, 4) is 6.19 Å². The smallest absolute Gasteiger partial charge is 0.228 e. The Morgan fingerprint density at radius 2 is 2.60 bits per heavy atom. The van der Waals surface area contributed by atoms with Crippen LogP contribution >= 0.6 is 0 Å². The van der Waals surface area contributed by atoms with Gasteiger partial charge >= 0.3 is 0 Å². The molecule has 3 N–H and O–H groups in total. The number of hydrogen-bond donors (Lipinski definition) is 2. The lowest BCUT2D eigenvalue weighted by molar-refractivity contribution is 0.0848. The Kier molecular flexibility index (Phi) is 5.10. The molecular formula is C5H10N4O. The molecule has 0 bridgehead atoms. The molecule has 0 atom stereocenters. The van der Waals surface area contributed by atoms with Gasteiger partial charge in [0.1, 0.15) is 0 Å². The highest BCUT2D eigenvalue weighted by Crippen LogP contribution is 1.73. The van der Waals surface area contributed by atoms with Gasteiger partial charge in [-0.25, -0.2) is 5.48 Å². The van der Waals surface area contributed by atoms with E-state index >= 15 is 0 Å². The van der Waals surface area contributed by atoms with Crippen molar-refractivity contribution in [3.05, 3.63) is 0 Å². The lowest BCUT2D eigenvalue weighted by Gasteiger charge is -2.01. The molecule has 0 aliphatic heterocycles. The maximum Gasteiger partial charge on any atom is 0.228 e. The summed E-state index contributed by atoms with van der Waals surface area (Å²) < 4.78 is 0. The fraction of sp³-hybridized carbons (Fsp3) is 0.600. The van der Waals surface area contributed by atoms with Gasteiger partial charge in [-0.15, -0.1) is 4.99 Å². The summed E-state index contributed by atoms with van der Waals surface area (Å²) in [7, 11) is 0. The molecule has 56 valence electrons. The minimum Gasteiger partial charge on any atom is -0.367 e. The summed E-state index contributed by atoms with van der Waals surface area (Å²) in [5.74, 6) is -0.0176. The Hall–Kier alpha value is -1.28. The summed E-state index contributed by atoms with van der Waals surface area (Å²) in [5, 5.41) is 7.98. The van der Waals surface area contributed by atoms with E-state index in [-0.39, 0.29) is 5.96 Å². The first-order chi connectivity index (χ1) is 4.81. The Morgan fingerprint density at radius 3 is 3.10 bits per heavy atom. The molecule has 0 aliphatic carbocycles. The van der Waals surface area contributed by atoms with E-state index in [0.29, 0.717) is 6.61 Å². The minimum absolute atomic E-state index is 0.0176. The van der Waals surface area contributed by atoms with E-state index in [1.54, 1.807) is 0 Å². The van der Waals surface area contributed by atoms with E-state index in [1.165, 1.54) is 6.19 Å². The second-order valence-corrected chi connectivity index (χ2v) is 1.55. The summed E-state index contributed by atoms with van der Waals surface area (Å²) in [5.41, 5.74) is 7.41. The molecular weight excluding hydrogens is 132 g/mol. The first-order valence-corrected chi connectivity index (χ1v) is 2.91. The third-order valence-corrected chi connectivity index (χ3v) is 0.653. The van der Waals surface area contributed by atoms with Crippen LogP contribution in [0.3, 0.4) is 0 Å². The second kappa shape index (κ2) is 5.85. The van der Waals surface area contributed by atoms with Crippen LogP contribution in [0.25, 0.3) is 0 Å². The number of nitrogens with one attached hydrogen (secondary N) is 1. The van der Waals surface area contributed by atoms with Gasteiger partial charge in [-0.05, 0) is 6.42 Å². The molecule has 0 radical (unpaired) electrons. The molecule has 0 rings (SSSR count). The molecule has 0 unspecified atom stereocenters. The Bertz CT molecular complexity index is 148. The number of hydrogen-bond acceptors (Lipinski definition) is 3. The number of nitrogens with two attached hydrogens (primary N) is 1. The predicted molar refractivity (Wildman–Crippen MR) is 36.6 cm³/mol. The van der Waals surface area contributed by atoms with Crippen molar-refractivity contribution in [2.24, 2.45) is 10.7 Å². The standard InChI is InChI=1S/C5H10N4O/c1-2-3-10-9-5(7)8-4-6/h2-3H2,1H3,(H3,7,8,9). The number of rotatable bonds is 3. The van der Waals surface area contributed by atoms with Gasteiger partial charge in [0.25, 0.3) is 0 Å². The average molecular weight is 142 g/mol. The van der Waals surface area contributed by atoms with Crippen LogP contribution in [0.5, 0.6) is 0 Å². The molecule has 0 aromatic heterocycles. The molecule has 10 heavy (non-hydrogen) atoms. The van der Waals surface area contributed by atoms with E-state index in [1.807, 2.05) is 6.92 Å². The molecule has 0 spiro atoms. The van der Waals surface area contributed by atoms with Crippen molar-refractivity contribution < 1.29 is 4.84 Å². The lowest BCUT2D eigenvalue weighted by Crippen LogP contribution is -2.31. The topological polar surface area (TPSA) is 83.4 Å². The van der Waals surface area contributed by atoms with Crippen molar-refractivity contribution in [2.45, 2.75) is 13.3 Å². The average Bonchev–Trinajstić information content (AvgIpc) is 1.89. The predicted octanol–water partition coefficient (Wildman–Crippen LogP) is -0.287. The van der Waals surface area contributed by atoms with Crippen LogP contribution < -0.4 is 11.2 Å². The van der Waals surface area contributed by atoms with Crippen LogP contribution in [0.2, 0.25) is 0 Å². The van der Waals surface area contributed by atoms with Gasteiger partial charge in [-0.1, -0.05) is 6.92 Å². The minimum atomic E-state index is -0.0176. The fourth-order valence-corrected chi connectivity index (χ4v) is 0.304. The molecule has 0 aromatic rings. The molecule has 0 amide bonds. The third kappa shape index (κ3) is 4.87. The molecule has 0 aliphatic rings. The van der Waals surface area contributed by atoms with Crippen molar-refractivity contribution >= 4 is 5.96 Å². The number of guanidine groups is 1. The zero-order chi connectivity index (χ0) is 7.82. The van der Waals surface area contributed by atoms with Gasteiger partial charge in [-0.3, -0.25) is 4.84 Å². The van der Waals surface area contributed by atoms with E-state index in [2.05, 4.69) is 10.5 Å². The maximum atomic E-state index is 7.98. The van der Waals surface area contributed by atoms with E-state index in [9.17, 15) is 0 Å². The molecule has 0 saturated heterocycles. The molecule has 5 heteroatoms. The molecule has 0 saturated carbocycles. The summed E-state index contributed by atoms with van der Waals surface area (Å²) in [4.78, 5) is 7.90. The summed E-state index contributed by atoms with van der Waals surface area (Å²) >= 11 is 0. The molecule has 5 nitrogen and oxygen atoms in total. The lowest BCUT2D eigenvalue weighted by atomic mass is 10.5. The maximum absolute atomic E-state index is 7.98. The number of nitriles is 1. The van der Waals surface area contributed by atoms with Crippen LogP contribution in [0.1, 0.15) is 13.3 Å². The Balaban J connectivity index is 3.32. The zero-order valence-corrected chi connectivity index (χ0v) is 5.79. The van der Waals surface area contributed by atoms with E-state index < -0.39 is 0 Å². The van der Waals surface area contributed by atoms with Crippen molar-refractivity contribution in [3.63, 3.8) is 0 Å². The van der Waals surface area contributed by atoms with Crippen LogP contribution in [0.15, 0.2) is 4.99 Å².